The van der Waals surface area contributed by atoms with Crippen molar-refractivity contribution >= 4 is 22.5 Å². The molecule has 3 aromatic rings. The molecule has 1 fully saturated rings. The van der Waals surface area contributed by atoms with E-state index in [0.717, 1.165) is 42.6 Å². The van der Waals surface area contributed by atoms with Crippen LogP contribution in [0.1, 0.15) is 37.9 Å². The highest BCUT2D eigenvalue weighted by Gasteiger charge is 2.38. The maximum absolute atomic E-state index is 13.6. The van der Waals surface area contributed by atoms with Crippen LogP contribution < -0.4 is 5.32 Å². The van der Waals surface area contributed by atoms with Crippen LogP contribution in [0, 0.1) is 5.82 Å². The Hall–Kier alpha value is -2.45. The average molecular weight is 353 g/mol. The molecule has 9 heteroatoms. The van der Waals surface area contributed by atoms with Crippen LogP contribution in [0.5, 0.6) is 0 Å². The first-order valence-electron chi connectivity index (χ1n) is 8.11. The summed E-state index contributed by atoms with van der Waals surface area (Å²) in [7, 11) is 0. The molecule has 0 amide bonds. The largest absolute Gasteiger partial charge is 0.452 e. The van der Waals surface area contributed by atoms with Gasteiger partial charge in [-0.1, -0.05) is 19.3 Å². The third-order valence-corrected chi connectivity index (χ3v) is 4.49. The van der Waals surface area contributed by atoms with Crippen LogP contribution in [0.3, 0.4) is 0 Å². The number of anilines is 1. The predicted octanol–water partition coefficient (Wildman–Crippen LogP) is 4.18. The van der Waals surface area contributed by atoms with E-state index >= 15 is 0 Å². The Morgan fingerprint density at radius 2 is 1.84 bits per heavy atom. The minimum Gasteiger partial charge on any atom is -0.364 e. The van der Waals surface area contributed by atoms with Crippen LogP contribution in [0.4, 0.5) is 23.4 Å². The minimum atomic E-state index is -4.71. The quantitative estimate of drug-likeness (QED) is 0.702. The molecule has 1 aliphatic carbocycles. The third-order valence-electron chi connectivity index (χ3n) is 4.49. The number of aromatic nitrogens is 4. The van der Waals surface area contributed by atoms with Gasteiger partial charge in [-0.25, -0.2) is 9.37 Å². The zero-order valence-corrected chi connectivity index (χ0v) is 13.1. The molecule has 132 valence electrons. The Balaban J connectivity index is 1.93. The smallest absolute Gasteiger partial charge is 0.364 e. The highest BCUT2D eigenvalue weighted by Crippen LogP contribution is 2.32. The van der Waals surface area contributed by atoms with Crippen molar-refractivity contribution < 1.29 is 17.6 Å². The summed E-state index contributed by atoms with van der Waals surface area (Å²) in [4.78, 5) is 4.37. The molecule has 0 saturated heterocycles. The number of benzene rings is 1. The normalized spacial score (nSPS) is 16.6. The first-order valence-corrected chi connectivity index (χ1v) is 8.11. The summed E-state index contributed by atoms with van der Waals surface area (Å²) in [5, 5.41) is 10.2. The van der Waals surface area contributed by atoms with Crippen molar-refractivity contribution in [3.63, 3.8) is 0 Å². The Labute approximate surface area is 140 Å². The summed E-state index contributed by atoms with van der Waals surface area (Å²) in [5.74, 6) is -1.59. The number of alkyl halides is 3. The monoisotopic (exact) mass is 353 g/mol. The fourth-order valence-corrected chi connectivity index (χ4v) is 3.33. The number of nitrogens with zero attached hydrogens (tertiary/aromatic N) is 4. The van der Waals surface area contributed by atoms with Crippen molar-refractivity contribution in [1.29, 1.82) is 0 Å². The van der Waals surface area contributed by atoms with E-state index in [4.69, 9.17) is 0 Å². The summed E-state index contributed by atoms with van der Waals surface area (Å²) in [6.45, 7) is 0. The van der Waals surface area contributed by atoms with Gasteiger partial charge >= 0.3 is 6.18 Å². The number of halogens is 4. The first kappa shape index (κ1) is 16.0. The van der Waals surface area contributed by atoms with Crippen molar-refractivity contribution in [2.75, 3.05) is 5.32 Å². The molecule has 0 unspecified atom stereocenters. The zero-order chi connectivity index (χ0) is 17.6. The molecule has 1 saturated carbocycles. The predicted molar refractivity (Wildman–Crippen MR) is 83.7 cm³/mol. The second-order valence-corrected chi connectivity index (χ2v) is 6.25. The molecule has 1 aliphatic rings. The van der Waals surface area contributed by atoms with E-state index in [1.54, 1.807) is 0 Å². The summed E-state index contributed by atoms with van der Waals surface area (Å²) >= 11 is 0. The van der Waals surface area contributed by atoms with E-state index in [-0.39, 0.29) is 28.5 Å². The molecule has 0 bridgehead atoms. The maximum Gasteiger partial charge on any atom is 0.452 e. The molecule has 25 heavy (non-hydrogen) atoms. The highest BCUT2D eigenvalue weighted by atomic mass is 19.4. The summed E-state index contributed by atoms with van der Waals surface area (Å²) in [6, 6.07) is 3.67. The molecule has 4 rings (SSSR count). The van der Waals surface area contributed by atoms with Crippen LogP contribution in [-0.2, 0) is 6.18 Å². The fraction of sp³-hybridized carbons (Fsp3) is 0.438. The van der Waals surface area contributed by atoms with Gasteiger partial charge in [-0.3, -0.25) is 4.40 Å². The van der Waals surface area contributed by atoms with Crippen LogP contribution in [0.15, 0.2) is 18.2 Å². The molecule has 0 radical (unpaired) electrons. The van der Waals surface area contributed by atoms with Crippen LogP contribution in [-0.4, -0.2) is 25.6 Å². The van der Waals surface area contributed by atoms with Crippen LogP contribution in [0.25, 0.3) is 16.7 Å². The lowest BCUT2D eigenvalue weighted by atomic mass is 9.95. The molecule has 0 aliphatic heterocycles. The number of fused-ring (bicyclic) bond motifs is 3. The van der Waals surface area contributed by atoms with E-state index < -0.39 is 17.8 Å². The molecule has 1 aromatic carbocycles. The van der Waals surface area contributed by atoms with Gasteiger partial charge in [0.2, 0.25) is 11.5 Å². The van der Waals surface area contributed by atoms with Gasteiger partial charge in [0.25, 0.3) is 0 Å². The van der Waals surface area contributed by atoms with E-state index in [1.165, 1.54) is 12.1 Å². The van der Waals surface area contributed by atoms with Crippen molar-refractivity contribution in [2.24, 2.45) is 0 Å². The number of rotatable bonds is 2. The molecular formula is C16H15F4N5. The van der Waals surface area contributed by atoms with E-state index in [2.05, 4.69) is 20.5 Å². The van der Waals surface area contributed by atoms with E-state index in [9.17, 15) is 17.6 Å². The molecule has 2 aromatic heterocycles. The standard InChI is InChI=1S/C16H15F4N5/c17-9-6-7-11-12(8-9)25-14(23-24-15(25)16(18,19)20)13(22-11)21-10-4-2-1-3-5-10/h6-8,10H,1-5H2,(H,21,22). The number of hydrogen-bond donors (Lipinski definition) is 1. The summed E-state index contributed by atoms with van der Waals surface area (Å²) in [5.41, 5.74) is 0.190. The molecule has 2 heterocycles. The second kappa shape index (κ2) is 5.82. The lowest BCUT2D eigenvalue weighted by molar-refractivity contribution is -0.145. The average Bonchev–Trinajstić information content (AvgIpc) is 3.02. The van der Waals surface area contributed by atoms with Gasteiger partial charge in [0, 0.05) is 12.1 Å². The van der Waals surface area contributed by atoms with Crippen molar-refractivity contribution in [3.8, 4) is 0 Å². The summed E-state index contributed by atoms with van der Waals surface area (Å²) in [6.07, 6.45) is 0.425. The molecular weight excluding hydrogens is 338 g/mol. The van der Waals surface area contributed by atoms with Crippen molar-refractivity contribution in [3.05, 3.63) is 29.8 Å². The Kier molecular flexibility index (Phi) is 3.73. The van der Waals surface area contributed by atoms with Gasteiger partial charge in [0.1, 0.15) is 5.82 Å². The Morgan fingerprint density at radius 3 is 2.56 bits per heavy atom. The van der Waals surface area contributed by atoms with Gasteiger partial charge in [-0.05, 0) is 25.0 Å². The van der Waals surface area contributed by atoms with E-state index in [1.807, 2.05) is 0 Å². The second-order valence-electron chi connectivity index (χ2n) is 6.25. The minimum absolute atomic E-state index is 0.0125. The Morgan fingerprint density at radius 1 is 1.08 bits per heavy atom. The van der Waals surface area contributed by atoms with Gasteiger partial charge in [0.05, 0.1) is 11.0 Å². The van der Waals surface area contributed by atoms with Crippen molar-refractivity contribution in [1.82, 2.24) is 19.6 Å². The molecule has 0 atom stereocenters. The first-order chi connectivity index (χ1) is 11.9. The van der Waals surface area contributed by atoms with Crippen LogP contribution in [0.2, 0.25) is 0 Å². The lowest BCUT2D eigenvalue weighted by Crippen LogP contribution is -2.23. The van der Waals surface area contributed by atoms with Gasteiger partial charge in [0.15, 0.2) is 5.82 Å². The van der Waals surface area contributed by atoms with Gasteiger partial charge in [-0.2, -0.15) is 13.2 Å². The molecule has 0 spiro atoms. The van der Waals surface area contributed by atoms with Crippen molar-refractivity contribution in [2.45, 2.75) is 44.3 Å². The zero-order valence-electron chi connectivity index (χ0n) is 13.1. The number of hydrogen-bond acceptors (Lipinski definition) is 4. The maximum atomic E-state index is 13.6. The highest BCUT2D eigenvalue weighted by molar-refractivity contribution is 5.83. The summed E-state index contributed by atoms with van der Waals surface area (Å²) < 4.78 is 54.4. The fourth-order valence-electron chi connectivity index (χ4n) is 3.33. The van der Waals surface area contributed by atoms with Crippen LogP contribution >= 0.6 is 0 Å². The van der Waals surface area contributed by atoms with Gasteiger partial charge < -0.3 is 5.32 Å². The van der Waals surface area contributed by atoms with Gasteiger partial charge in [-0.15, -0.1) is 10.2 Å². The SMILES string of the molecule is Fc1ccc2nc(NC3CCCCC3)c3nnc(C(F)(F)F)n3c2c1. The Bertz CT molecular complexity index is 928. The topological polar surface area (TPSA) is 55.1 Å². The van der Waals surface area contributed by atoms with E-state index in [0.29, 0.717) is 0 Å². The lowest BCUT2D eigenvalue weighted by Gasteiger charge is -2.23. The third kappa shape index (κ3) is 2.87. The number of nitrogens with one attached hydrogen (secondary N) is 1. The molecule has 5 nitrogen and oxygen atoms in total. The molecule has 1 N–H and O–H groups in total.